The summed E-state index contributed by atoms with van der Waals surface area (Å²) in [5.74, 6) is 0.499. The monoisotopic (exact) mass is 240 g/mol. The van der Waals surface area contributed by atoms with Crippen LogP contribution in [0.15, 0.2) is 0 Å². The molecular formula is C12H20N2O3. The number of ether oxygens (including phenoxy) is 1. The topological polar surface area (TPSA) is 58.6 Å². The summed E-state index contributed by atoms with van der Waals surface area (Å²) in [5, 5.41) is 2.88. The summed E-state index contributed by atoms with van der Waals surface area (Å²) in [6.07, 6.45) is 3.57. The molecule has 17 heavy (non-hydrogen) atoms. The number of amides is 2. The van der Waals surface area contributed by atoms with Gasteiger partial charge in [0.15, 0.2) is 0 Å². The number of nitrogens with one attached hydrogen (secondary N) is 1. The Morgan fingerprint density at radius 1 is 1.47 bits per heavy atom. The molecule has 2 heterocycles. The van der Waals surface area contributed by atoms with Gasteiger partial charge in [-0.2, -0.15) is 0 Å². The predicted octanol–water partition coefficient (Wildman–Crippen LogP) is 0.152. The fraction of sp³-hybridized carbons (Fsp3) is 0.833. The predicted molar refractivity (Wildman–Crippen MR) is 62.4 cm³/mol. The van der Waals surface area contributed by atoms with E-state index in [1.807, 2.05) is 0 Å². The van der Waals surface area contributed by atoms with E-state index in [0.717, 1.165) is 39.0 Å². The second-order valence-corrected chi connectivity index (χ2v) is 4.81. The Bertz CT molecular complexity index is 287. The molecule has 0 saturated carbocycles. The molecule has 96 valence electrons. The first-order valence-electron chi connectivity index (χ1n) is 6.38. The minimum absolute atomic E-state index is 0.0489. The zero-order chi connectivity index (χ0) is 12.1. The summed E-state index contributed by atoms with van der Waals surface area (Å²) in [4.78, 5) is 24.8. The fourth-order valence-corrected chi connectivity index (χ4v) is 2.26. The van der Waals surface area contributed by atoms with Crippen LogP contribution < -0.4 is 5.32 Å². The fourth-order valence-electron chi connectivity index (χ4n) is 2.26. The highest BCUT2D eigenvalue weighted by Crippen LogP contribution is 2.11. The van der Waals surface area contributed by atoms with Crippen LogP contribution in [0, 0.1) is 5.92 Å². The third-order valence-corrected chi connectivity index (χ3v) is 3.37. The number of rotatable bonds is 4. The first-order valence-corrected chi connectivity index (χ1v) is 6.38. The minimum Gasteiger partial charge on any atom is -0.381 e. The Kier molecular flexibility index (Phi) is 4.36. The third-order valence-electron chi connectivity index (χ3n) is 3.37. The molecule has 0 aliphatic carbocycles. The van der Waals surface area contributed by atoms with Gasteiger partial charge in [0.1, 0.15) is 0 Å². The van der Waals surface area contributed by atoms with Gasteiger partial charge in [0.2, 0.25) is 11.8 Å². The number of carbonyl (C=O) groups is 2. The highest BCUT2D eigenvalue weighted by Gasteiger charge is 2.21. The van der Waals surface area contributed by atoms with E-state index >= 15 is 0 Å². The standard InChI is InChI=1S/C12H20N2O3/c15-11(13-7-10-4-6-17-9-10)8-14-5-2-1-3-12(14)16/h10H,1-9H2,(H,13,15). The van der Waals surface area contributed by atoms with Gasteiger partial charge in [0.05, 0.1) is 13.2 Å². The molecule has 1 atom stereocenters. The van der Waals surface area contributed by atoms with Crippen LogP contribution in [0.2, 0.25) is 0 Å². The highest BCUT2D eigenvalue weighted by atomic mass is 16.5. The van der Waals surface area contributed by atoms with Crippen LogP contribution in [0.3, 0.4) is 0 Å². The van der Waals surface area contributed by atoms with Crippen molar-refractivity contribution in [3.05, 3.63) is 0 Å². The SMILES string of the molecule is O=C(CN1CCCCC1=O)NCC1CCOC1. The van der Waals surface area contributed by atoms with Crippen molar-refractivity contribution in [1.29, 1.82) is 0 Å². The van der Waals surface area contributed by atoms with Gasteiger partial charge in [-0.05, 0) is 19.3 Å². The van der Waals surface area contributed by atoms with Gasteiger partial charge in [-0.1, -0.05) is 0 Å². The molecule has 2 saturated heterocycles. The molecule has 2 rings (SSSR count). The summed E-state index contributed by atoms with van der Waals surface area (Å²) in [7, 11) is 0. The van der Waals surface area contributed by atoms with Crippen molar-refractivity contribution in [1.82, 2.24) is 10.2 Å². The van der Waals surface area contributed by atoms with E-state index in [2.05, 4.69) is 5.32 Å². The molecule has 0 aromatic carbocycles. The van der Waals surface area contributed by atoms with Crippen molar-refractivity contribution in [2.75, 3.05) is 32.8 Å². The van der Waals surface area contributed by atoms with Gasteiger partial charge in [-0.15, -0.1) is 0 Å². The maximum absolute atomic E-state index is 11.7. The van der Waals surface area contributed by atoms with E-state index in [-0.39, 0.29) is 18.4 Å². The molecule has 0 aromatic heterocycles. The lowest BCUT2D eigenvalue weighted by Gasteiger charge is -2.26. The Balaban J connectivity index is 1.67. The van der Waals surface area contributed by atoms with Gasteiger partial charge < -0.3 is 15.0 Å². The smallest absolute Gasteiger partial charge is 0.239 e. The summed E-state index contributed by atoms with van der Waals surface area (Å²) in [5.41, 5.74) is 0. The second kappa shape index (κ2) is 6.00. The van der Waals surface area contributed by atoms with Crippen molar-refractivity contribution in [3.63, 3.8) is 0 Å². The number of hydrogen-bond donors (Lipinski definition) is 1. The molecule has 0 spiro atoms. The van der Waals surface area contributed by atoms with Crippen LogP contribution in [0.1, 0.15) is 25.7 Å². The number of hydrogen-bond acceptors (Lipinski definition) is 3. The van der Waals surface area contributed by atoms with E-state index in [9.17, 15) is 9.59 Å². The zero-order valence-corrected chi connectivity index (χ0v) is 10.1. The van der Waals surface area contributed by atoms with Crippen LogP contribution in [0.5, 0.6) is 0 Å². The van der Waals surface area contributed by atoms with Gasteiger partial charge in [0, 0.05) is 32.0 Å². The Morgan fingerprint density at radius 2 is 2.35 bits per heavy atom. The average molecular weight is 240 g/mol. The van der Waals surface area contributed by atoms with E-state index in [1.54, 1.807) is 4.90 Å². The summed E-state index contributed by atoms with van der Waals surface area (Å²) < 4.78 is 5.24. The minimum atomic E-state index is -0.0489. The molecule has 2 aliphatic rings. The Hall–Kier alpha value is -1.10. The number of piperidine rings is 1. The molecule has 5 heteroatoms. The normalized spacial score (nSPS) is 25.1. The lowest BCUT2D eigenvalue weighted by Crippen LogP contribution is -2.43. The molecule has 2 amide bonds. The molecule has 0 radical (unpaired) electrons. The molecule has 0 bridgehead atoms. The van der Waals surface area contributed by atoms with Gasteiger partial charge in [-0.3, -0.25) is 9.59 Å². The molecule has 2 fully saturated rings. The highest BCUT2D eigenvalue weighted by molar-refractivity contribution is 5.85. The number of nitrogens with zero attached hydrogens (tertiary/aromatic N) is 1. The molecule has 2 aliphatic heterocycles. The first kappa shape index (κ1) is 12.4. The van der Waals surface area contributed by atoms with E-state index < -0.39 is 0 Å². The molecule has 0 aromatic rings. The van der Waals surface area contributed by atoms with E-state index in [4.69, 9.17) is 4.74 Å². The number of likely N-dealkylation sites (tertiary alicyclic amines) is 1. The first-order chi connectivity index (χ1) is 8.25. The van der Waals surface area contributed by atoms with Crippen LogP contribution in [-0.2, 0) is 14.3 Å². The molecule has 5 nitrogen and oxygen atoms in total. The summed E-state index contributed by atoms with van der Waals surface area (Å²) in [6, 6.07) is 0. The molecule has 1 unspecified atom stereocenters. The lowest BCUT2D eigenvalue weighted by molar-refractivity contribution is -0.137. The maximum Gasteiger partial charge on any atom is 0.239 e. The summed E-state index contributed by atoms with van der Waals surface area (Å²) >= 11 is 0. The number of carbonyl (C=O) groups excluding carboxylic acids is 2. The van der Waals surface area contributed by atoms with Crippen molar-refractivity contribution in [3.8, 4) is 0 Å². The molecular weight excluding hydrogens is 220 g/mol. The Morgan fingerprint density at radius 3 is 3.06 bits per heavy atom. The van der Waals surface area contributed by atoms with Gasteiger partial charge in [0.25, 0.3) is 0 Å². The quantitative estimate of drug-likeness (QED) is 0.761. The zero-order valence-electron chi connectivity index (χ0n) is 10.1. The largest absolute Gasteiger partial charge is 0.381 e. The van der Waals surface area contributed by atoms with Crippen molar-refractivity contribution in [2.24, 2.45) is 5.92 Å². The Labute approximate surface area is 101 Å². The third kappa shape index (κ3) is 3.70. The van der Waals surface area contributed by atoms with Gasteiger partial charge >= 0.3 is 0 Å². The van der Waals surface area contributed by atoms with Gasteiger partial charge in [-0.25, -0.2) is 0 Å². The van der Waals surface area contributed by atoms with E-state index in [0.29, 0.717) is 18.9 Å². The van der Waals surface area contributed by atoms with Crippen LogP contribution in [0.25, 0.3) is 0 Å². The average Bonchev–Trinajstić information content (AvgIpc) is 2.82. The van der Waals surface area contributed by atoms with Crippen molar-refractivity contribution < 1.29 is 14.3 Å². The lowest BCUT2D eigenvalue weighted by atomic mass is 10.1. The summed E-state index contributed by atoms with van der Waals surface area (Å²) in [6.45, 7) is 3.14. The van der Waals surface area contributed by atoms with Crippen LogP contribution in [0.4, 0.5) is 0 Å². The van der Waals surface area contributed by atoms with Crippen LogP contribution in [-0.4, -0.2) is 49.6 Å². The van der Waals surface area contributed by atoms with Crippen molar-refractivity contribution >= 4 is 11.8 Å². The maximum atomic E-state index is 11.7. The second-order valence-electron chi connectivity index (χ2n) is 4.81. The molecule has 1 N–H and O–H groups in total. The van der Waals surface area contributed by atoms with Crippen LogP contribution >= 0.6 is 0 Å². The van der Waals surface area contributed by atoms with Crippen molar-refractivity contribution in [2.45, 2.75) is 25.7 Å². The van der Waals surface area contributed by atoms with E-state index in [1.165, 1.54) is 0 Å².